The molecule has 3 rings (SSSR count). The molecule has 2 aromatic rings. The number of sulfone groups is 1. The lowest BCUT2D eigenvalue weighted by atomic mass is 10.2. The maximum absolute atomic E-state index is 12.9. The van der Waals surface area contributed by atoms with Crippen molar-refractivity contribution in [3.8, 4) is 0 Å². The zero-order valence-corrected chi connectivity index (χ0v) is 13.5. The summed E-state index contributed by atoms with van der Waals surface area (Å²) in [5.41, 5.74) is 0.312. The van der Waals surface area contributed by atoms with Crippen molar-refractivity contribution in [2.75, 3.05) is 36.0 Å². The second-order valence-corrected chi connectivity index (χ2v) is 7.18. The van der Waals surface area contributed by atoms with Crippen molar-refractivity contribution >= 4 is 21.5 Å². The molecular formula is C15H16F2N4O2S. The van der Waals surface area contributed by atoms with E-state index in [9.17, 15) is 17.2 Å². The van der Waals surface area contributed by atoms with Crippen molar-refractivity contribution in [2.45, 2.75) is 10.7 Å². The Morgan fingerprint density at radius 2 is 1.50 bits per heavy atom. The smallest absolute Gasteiger partial charge is 0.341 e. The van der Waals surface area contributed by atoms with Crippen molar-refractivity contribution in [2.24, 2.45) is 0 Å². The minimum atomic E-state index is -4.64. The summed E-state index contributed by atoms with van der Waals surface area (Å²) >= 11 is 0. The third-order valence-corrected chi connectivity index (χ3v) is 5.29. The average Bonchev–Trinajstić information content (AvgIpc) is 2.62. The van der Waals surface area contributed by atoms with Gasteiger partial charge in [-0.2, -0.15) is 8.78 Å². The maximum Gasteiger partial charge on any atom is 0.341 e. The van der Waals surface area contributed by atoms with Crippen LogP contribution in [0.15, 0.2) is 47.6 Å². The number of hydrogen-bond donors (Lipinski definition) is 0. The molecule has 1 fully saturated rings. The zero-order valence-electron chi connectivity index (χ0n) is 12.7. The highest BCUT2D eigenvalue weighted by Gasteiger charge is 2.31. The number of anilines is 2. The average molecular weight is 354 g/mol. The molecule has 1 aromatic heterocycles. The Morgan fingerprint density at radius 3 is 2.12 bits per heavy atom. The summed E-state index contributed by atoms with van der Waals surface area (Å²) in [6.07, 6.45) is 3.30. The minimum Gasteiger partial charge on any atom is -0.367 e. The minimum absolute atomic E-state index is 0.312. The predicted molar refractivity (Wildman–Crippen MR) is 86.1 cm³/mol. The summed E-state index contributed by atoms with van der Waals surface area (Å²) in [4.78, 5) is 11.8. The van der Waals surface area contributed by atoms with Gasteiger partial charge in [-0.3, -0.25) is 0 Å². The van der Waals surface area contributed by atoms with E-state index < -0.39 is 15.6 Å². The van der Waals surface area contributed by atoms with E-state index in [0.717, 1.165) is 0 Å². The van der Waals surface area contributed by atoms with E-state index in [-0.39, 0.29) is 4.90 Å². The first-order valence-corrected chi connectivity index (χ1v) is 8.93. The maximum atomic E-state index is 12.9. The number of para-hydroxylation sites is 1. The van der Waals surface area contributed by atoms with Crippen molar-refractivity contribution < 1.29 is 17.2 Å². The molecule has 0 spiro atoms. The van der Waals surface area contributed by atoms with Gasteiger partial charge in [0.2, 0.25) is 15.8 Å². The van der Waals surface area contributed by atoms with Crippen LogP contribution in [0.4, 0.5) is 20.4 Å². The second-order valence-electron chi connectivity index (χ2n) is 5.30. The topological polar surface area (TPSA) is 66.4 Å². The fourth-order valence-corrected chi connectivity index (χ4v) is 3.61. The molecule has 6 nitrogen and oxygen atoms in total. The fourth-order valence-electron chi connectivity index (χ4n) is 2.66. The van der Waals surface area contributed by atoms with Crippen molar-refractivity contribution in [1.29, 1.82) is 0 Å². The summed E-state index contributed by atoms with van der Waals surface area (Å²) in [6.45, 7) is 2.14. The summed E-state index contributed by atoms with van der Waals surface area (Å²) in [7, 11) is -4.64. The number of halogens is 2. The summed E-state index contributed by atoms with van der Waals surface area (Å²) in [5, 5.41) is 0. The number of aromatic nitrogens is 2. The molecule has 0 atom stereocenters. The Balaban J connectivity index is 1.81. The quantitative estimate of drug-likeness (QED) is 0.834. The number of piperazine rings is 1. The molecular weight excluding hydrogens is 338 g/mol. The van der Waals surface area contributed by atoms with Crippen LogP contribution in [0.25, 0.3) is 0 Å². The molecule has 0 radical (unpaired) electrons. The van der Waals surface area contributed by atoms with E-state index in [1.165, 1.54) is 12.1 Å². The second kappa shape index (κ2) is 6.68. The van der Waals surface area contributed by atoms with E-state index in [0.29, 0.717) is 37.8 Å². The fraction of sp³-hybridized carbons (Fsp3) is 0.333. The van der Waals surface area contributed by atoms with Gasteiger partial charge >= 0.3 is 5.76 Å². The van der Waals surface area contributed by atoms with Crippen molar-refractivity contribution in [3.63, 3.8) is 0 Å². The van der Waals surface area contributed by atoms with Gasteiger partial charge in [-0.1, -0.05) is 12.1 Å². The van der Waals surface area contributed by atoms with E-state index >= 15 is 0 Å². The molecule has 0 saturated carbocycles. The molecule has 0 aliphatic carbocycles. The Labute approximate surface area is 138 Å². The highest BCUT2D eigenvalue weighted by molar-refractivity contribution is 7.91. The SMILES string of the molecule is O=S(=O)(c1ccccc1N1CCN(c2ncccn2)CC1)C(F)F. The Kier molecular flexibility index (Phi) is 4.61. The number of alkyl halides is 2. The monoisotopic (exact) mass is 354 g/mol. The van der Waals surface area contributed by atoms with Gasteiger partial charge in [0.25, 0.3) is 0 Å². The predicted octanol–water partition coefficient (Wildman–Crippen LogP) is 1.80. The van der Waals surface area contributed by atoms with Crippen LogP contribution in [0, 0.1) is 0 Å². The van der Waals surface area contributed by atoms with Gasteiger partial charge in [0.05, 0.1) is 10.6 Å². The van der Waals surface area contributed by atoms with Gasteiger partial charge in [0.1, 0.15) is 0 Å². The van der Waals surface area contributed by atoms with Crippen LogP contribution >= 0.6 is 0 Å². The van der Waals surface area contributed by atoms with Gasteiger partial charge in [-0.15, -0.1) is 0 Å². The highest BCUT2D eigenvalue weighted by atomic mass is 32.2. The van der Waals surface area contributed by atoms with E-state index in [1.807, 2.05) is 4.90 Å². The summed E-state index contributed by atoms with van der Waals surface area (Å²) in [5.74, 6) is -2.83. The first-order valence-electron chi connectivity index (χ1n) is 7.38. The van der Waals surface area contributed by atoms with Crippen LogP contribution < -0.4 is 9.80 Å². The lowest BCUT2D eigenvalue weighted by Crippen LogP contribution is -2.47. The lowest BCUT2D eigenvalue weighted by molar-refractivity contribution is 0.235. The molecule has 9 heteroatoms. The highest BCUT2D eigenvalue weighted by Crippen LogP contribution is 2.30. The van der Waals surface area contributed by atoms with E-state index in [4.69, 9.17) is 0 Å². The van der Waals surface area contributed by atoms with Crippen LogP contribution in [0.5, 0.6) is 0 Å². The van der Waals surface area contributed by atoms with Gasteiger partial charge in [0, 0.05) is 38.6 Å². The van der Waals surface area contributed by atoms with Crippen molar-refractivity contribution in [1.82, 2.24) is 9.97 Å². The van der Waals surface area contributed by atoms with Crippen LogP contribution in [0.2, 0.25) is 0 Å². The molecule has 128 valence electrons. The van der Waals surface area contributed by atoms with Gasteiger partial charge in [-0.25, -0.2) is 18.4 Å². The Morgan fingerprint density at radius 1 is 0.917 bits per heavy atom. The van der Waals surface area contributed by atoms with Crippen LogP contribution in [0.3, 0.4) is 0 Å². The molecule has 0 bridgehead atoms. The first-order chi connectivity index (χ1) is 11.5. The molecule has 1 aromatic carbocycles. The summed E-state index contributed by atoms with van der Waals surface area (Å²) in [6, 6.07) is 7.61. The largest absolute Gasteiger partial charge is 0.367 e. The molecule has 1 aliphatic rings. The molecule has 0 N–H and O–H groups in total. The molecule has 24 heavy (non-hydrogen) atoms. The number of benzene rings is 1. The zero-order chi connectivity index (χ0) is 17.2. The first kappa shape index (κ1) is 16.6. The molecule has 0 unspecified atom stereocenters. The Hall–Kier alpha value is -2.29. The number of nitrogens with zero attached hydrogens (tertiary/aromatic N) is 4. The van der Waals surface area contributed by atoms with E-state index in [1.54, 1.807) is 35.5 Å². The normalized spacial score (nSPS) is 15.8. The van der Waals surface area contributed by atoms with Crippen molar-refractivity contribution in [3.05, 3.63) is 42.7 Å². The van der Waals surface area contributed by atoms with Gasteiger partial charge in [0.15, 0.2) is 0 Å². The van der Waals surface area contributed by atoms with Crippen LogP contribution in [0.1, 0.15) is 0 Å². The standard InChI is InChI=1S/C15H16F2N4O2S/c16-14(17)24(22,23)13-5-2-1-4-12(13)20-8-10-21(11-9-20)15-18-6-3-7-19-15/h1-7,14H,8-11H2. The third kappa shape index (κ3) is 3.16. The molecule has 0 amide bonds. The summed E-state index contributed by atoms with van der Waals surface area (Å²) < 4.78 is 49.5. The lowest BCUT2D eigenvalue weighted by Gasteiger charge is -2.36. The third-order valence-electron chi connectivity index (χ3n) is 3.86. The molecule has 1 aliphatic heterocycles. The Bertz CT molecular complexity index is 794. The van der Waals surface area contributed by atoms with E-state index in [2.05, 4.69) is 9.97 Å². The van der Waals surface area contributed by atoms with Crippen LogP contribution in [-0.4, -0.2) is 50.3 Å². The number of rotatable bonds is 4. The number of hydrogen-bond acceptors (Lipinski definition) is 6. The molecule has 1 saturated heterocycles. The van der Waals surface area contributed by atoms with Gasteiger partial charge in [-0.05, 0) is 18.2 Å². The molecule has 2 heterocycles. The van der Waals surface area contributed by atoms with Gasteiger partial charge < -0.3 is 9.80 Å². The van der Waals surface area contributed by atoms with Crippen LogP contribution in [-0.2, 0) is 9.84 Å².